The summed E-state index contributed by atoms with van der Waals surface area (Å²) in [4.78, 5) is 26.9. The third-order valence-corrected chi connectivity index (χ3v) is 5.12. The Balaban J connectivity index is 2.00. The van der Waals surface area contributed by atoms with Crippen molar-refractivity contribution in [1.82, 2.24) is 4.90 Å². The fourth-order valence-corrected chi connectivity index (χ4v) is 3.54. The van der Waals surface area contributed by atoms with Gasteiger partial charge in [-0.3, -0.25) is 4.79 Å². The molecule has 27 heavy (non-hydrogen) atoms. The molecule has 1 amide bonds. The van der Waals surface area contributed by atoms with Crippen LogP contribution < -0.4 is 4.74 Å². The van der Waals surface area contributed by atoms with Gasteiger partial charge in [0.05, 0.1) is 13.0 Å². The maximum atomic E-state index is 12.8. The normalized spacial score (nSPS) is 17.1. The van der Waals surface area contributed by atoms with Gasteiger partial charge < -0.3 is 14.4 Å². The summed E-state index contributed by atoms with van der Waals surface area (Å²) in [6.07, 6.45) is 3.82. The van der Waals surface area contributed by atoms with Gasteiger partial charge in [0, 0.05) is 11.0 Å². The van der Waals surface area contributed by atoms with Gasteiger partial charge in [0.2, 0.25) is 5.91 Å². The van der Waals surface area contributed by atoms with Crippen molar-refractivity contribution in [3.8, 4) is 5.75 Å². The summed E-state index contributed by atoms with van der Waals surface area (Å²) in [6.45, 7) is 8.93. The van der Waals surface area contributed by atoms with Crippen LogP contribution in [-0.2, 0) is 20.7 Å². The van der Waals surface area contributed by atoms with E-state index < -0.39 is 11.6 Å². The Hall–Kier alpha value is -1.56. The molecular weight excluding hydrogens is 410 g/mol. The zero-order valence-electron chi connectivity index (χ0n) is 16.7. The van der Waals surface area contributed by atoms with Gasteiger partial charge in [0.25, 0.3) is 0 Å². The highest BCUT2D eigenvalue weighted by atomic mass is 79.9. The van der Waals surface area contributed by atoms with E-state index in [1.54, 1.807) is 4.90 Å². The standard InChI is InChI=1S/C21H30BrNO4/c1-5-6-12-26-16-10-9-15(17(22)14-16)13-19(24)23-11-7-8-18(23)20(25)27-21(2,3)4/h9-10,14,18H,5-8,11-13H2,1-4H3/t18-/m0/s1. The lowest BCUT2D eigenvalue weighted by Gasteiger charge is -2.27. The minimum Gasteiger partial charge on any atom is -0.494 e. The summed E-state index contributed by atoms with van der Waals surface area (Å²) in [7, 11) is 0. The fraction of sp³-hybridized carbons (Fsp3) is 0.619. The SMILES string of the molecule is CCCCOc1ccc(CC(=O)N2CCC[C@H]2C(=O)OC(C)(C)C)c(Br)c1. The molecule has 0 saturated carbocycles. The van der Waals surface area contributed by atoms with Crippen LogP contribution in [0, 0.1) is 0 Å². The van der Waals surface area contributed by atoms with Crippen LogP contribution in [0.1, 0.15) is 58.9 Å². The van der Waals surface area contributed by atoms with Crippen molar-refractivity contribution >= 4 is 27.8 Å². The molecule has 0 aliphatic carbocycles. The third kappa shape index (κ3) is 6.52. The molecule has 150 valence electrons. The van der Waals surface area contributed by atoms with Crippen molar-refractivity contribution in [1.29, 1.82) is 0 Å². The number of esters is 1. The fourth-order valence-electron chi connectivity index (χ4n) is 3.04. The highest BCUT2D eigenvalue weighted by Crippen LogP contribution is 2.26. The van der Waals surface area contributed by atoms with Gasteiger partial charge in [0.1, 0.15) is 17.4 Å². The van der Waals surface area contributed by atoms with E-state index in [0.717, 1.165) is 35.0 Å². The molecule has 0 bridgehead atoms. The number of nitrogens with zero attached hydrogens (tertiary/aromatic N) is 1. The lowest BCUT2D eigenvalue weighted by Crippen LogP contribution is -2.44. The Labute approximate surface area is 170 Å². The monoisotopic (exact) mass is 439 g/mol. The molecule has 0 aromatic heterocycles. The van der Waals surface area contributed by atoms with E-state index in [0.29, 0.717) is 19.6 Å². The smallest absolute Gasteiger partial charge is 0.329 e. The van der Waals surface area contributed by atoms with Crippen molar-refractivity contribution < 1.29 is 19.1 Å². The molecule has 1 aliphatic rings. The predicted molar refractivity (Wildman–Crippen MR) is 109 cm³/mol. The summed E-state index contributed by atoms with van der Waals surface area (Å²) in [6, 6.07) is 5.21. The van der Waals surface area contributed by atoms with Crippen molar-refractivity contribution in [2.45, 2.75) is 71.4 Å². The number of carbonyl (C=O) groups is 2. The molecule has 1 heterocycles. The molecule has 1 aromatic rings. The molecule has 0 N–H and O–H groups in total. The van der Waals surface area contributed by atoms with Crippen LogP contribution in [0.15, 0.2) is 22.7 Å². The third-order valence-electron chi connectivity index (χ3n) is 4.38. The largest absolute Gasteiger partial charge is 0.494 e. The van der Waals surface area contributed by atoms with Crippen molar-refractivity contribution in [3.63, 3.8) is 0 Å². The highest BCUT2D eigenvalue weighted by molar-refractivity contribution is 9.10. The van der Waals surface area contributed by atoms with E-state index in [4.69, 9.17) is 9.47 Å². The van der Waals surface area contributed by atoms with E-state index >= 15 is 0 Å². The second-order valence-corrected chi connectivity index (χ2v) is 8.76. The molecule has 0 unspecified atom stereocenters. The van der Waals surface area contributed by atoms with E-state index in [1.807, 2.05) is 39.0 Å². The van der Waals surface area contributed by atoms with Crippen LogP contribution in [0.25, 0.3) is 0 Å². The molecule has 5 nitrogen and oxygen atoms in total. The van der Waals surface area contributed by atoms with E-state index in [9.17, 15) is 9.59 Å². The molecule has 6 heteroatoms. The van der Waals surface area contributed by atoms with Gasteiger partial charge in [-0.1, -0.05) is 35.3 Å². The van der Waals surface area contributed by atoms with E-state index in [1.165, 1.54) is 0 Å². The Morgan fingerprint density at radius 3 is 2.67 bits per heavy atom. The van der Waals surface area contributed by atoms with Gasteiger partial charge in [0.15, 0.2) is 0 Å². The Kier molecular flexibility index (Phi) is 7.71. The predicted octanol–water partition coefficient (Wildman–Crippen LogP) is 4.50. The number of carbonyl (C=O) groups excluding carboxylic acids is 2. The van der Waals surface area contributed by atoms with Crippen molar-refractivity contribution in [2.24, 2.45) is 0 Å². The number of halogens is 1. The molecular formula is C21H30BrNO4. The molecule has 1 saturated heterocycles. The number of amides is 1. The lowest BCUT2D eigenvalue weighted by molar-refractivity contribution is -0.163. The van der Waals surface area contributed by atoms with Gasteiger partial charge in [-0.15, -0.1) is 0 Å². The van der Waals surface area contributed by atoms with Crippen LogP contribution in [0.2, 0.25) is 0 Å². The number of hydrogen-bond donors (Lipinski definition) is 0. The van der Waals surface area contributed by atoms with Crippen molar-refractivity contribution in [2.75, 3.05) is 13.2 Å². The topological polar surface area (TPSA) is 55.8 Å². The number of benzene rings is 1. The van der Waals surface area contributed by atoms with Gasteiger partial charge in [-0.25, -0.2) is 4.79 Å². The summed E-state index contributed by atoms with van der Waals surface area (Å²) in [5.41, 5.74) is 0.336. The van der Waals surface area contributed by atoms with E-state index in [-0.39, 0.29) is 18.3 Å². The summed E-state index contributed by atoms with van der Waals surface area (Å²) < 4.78 is 12.0. The summed E-state index contributed by atoms with van der Waals surface area (Å²) >= 11 is 3.53. The molecule has 1 atom stereocenters. The van der Waals surface area contributed by atoms with Gasteiger partial charge in [-0.05, 0) is 57.7 Å². The quantitative estimate of drug-likeness (QED) is 0.463. The Bertz CT molecular complexity index is 669. The second-order valence-electron chi connectivity index (χ2n) is 7.91. The van der Waals surface area contributed by atoms with Crippen LogP contribution >= 0.6 is 15.9 Å². The first-order chi connectivity index (χ1) is 12.7. The molecule has 0 radical (unpaired) electrons. The zero-order valence-corrected chi connectivity index (χ0v) is 18.3. The van der Waals surface area contributed by atoms with Crippen LogP contribution in [-0.4, -0.2) is 41.6 Å². The minimum absolute atomic E-state index is 0.0521. The number of rotatable bonds is 7. The van der Waals surface area contributed by atoms with Crippen LogP contribution in [0.5, 0.6) is 5.75 Å². The second kappa shape index (κ2) is 9.58. The first kappa shape index (κ1) is 21.7. The van der Waals surface area contributed by atoms with Crippen LogP contribution in [0.3, 0.4) is 0 Å². The summed E-state index contributed by atoms with van der Waals surface area (Å²) in [5, 5.41) is 0. The molecule has 1 aliphatic heterocycles. The van der Waals surface area contributed by atoms with Gasteiger partial charge >= 0.3 is 5.97 Å². The van der Waals surface area contributed by atoms with Crippen molar-refractivity contribution in [3.05, 3.63) is 28.2 Å². The van der Waals surface area contributed by atoms with Gasteiger partial charge in [-0.2, -0.15) is 0 Å². The van der Waals surface area contributed by atoms with E-state index in [2.05, 4.69) is 22.9 Å². The average molecular weight is 440 g/mol. The molecule has 0 spiro atoms. The Morgan fingerprint density at radius 2 is 2.04 bits per heavy atom. The number of likely N-dealkylation sites (tertiary alicyclic amines) is 1. The molecule has 2 rings (SSSR count). The number of ether oxygens (including phenoxy) is 2. The lowest BCUT2D eigenvalue weighted by atomic mass is 10.1. The zero-order chi connectivity index (χ0) is 20.0. The maximum Gasteiger partial charge on any atom is 0.329 e. The Morgan fingerprint density at radius 1 is 1.30 bits per heavy atom. The number of hydrogen-bond acceptors (Lipinski definition) is 4. The average Bonchev–Trinajstić information content (AvgIpc) is 3.06. The molecule has 1 aromatic carbocycles. The molecule has 1 fully saturated rings. The first-order valence-corrected chi connectivity index (χ1v) is 10.4. The summed E-state index contributed by atoms with van der Waals surface area (Å²) in [5.74, 6) is 0.426. The minimum atomic E-state index is -0.551. The maximum absolute atomic E-state index is 12.8. The van der Waals surface area contributed by atoms with Crippen LogP contribution in [0.4, 0.5) is 0 Å². The first-order valence-electron chi connectivity index (χ1n) is 9.65. The number of unbranched alkanes of at least 4 members (excludes halogenated alkanes) is 1. The highest BCUT2D eigenvalue weighted by Gasteiger charge is 2.36.